The molecule has 0 radical (unpaired) electrons. The summed E-state index contributed by atoms with van der Waals surface area (Å²) in [6.07, 6.45) is -0.134. The van der Waals surface area contributed by atoms with Gasteiger partial charge in [0.15, 0.2) is 0 Å². The number of nitrogens with one attached hydrogen (secondary N) is 1. The number of alkyl carbamates (subject to hydrolysis) is 1. The number of aliphatic hydroxyl groups is 1. The summed E-state index contributed by atoms with van der Waals surface area (Å²) in [5.41, 5.74) is 0. The van der Waals surface area contributed by atoms with E-state index in [1.807, 2.05) is 13.8 Å². The van der Waals surface area contributed by atoms with Crippen molar-refractivity contribution in [3.63, 3.8) is 0 Å². The molecule has 0 aromatic heterocycles. The van der Waals surface area contributed by atoms with Crippen molar-refractivity contribution in [2.75, 3.05) is 27.3 Å². The molecule has 0 bridgehead atoms. The molecule has 6 nitrogen and oxygen atoms in total. The molecule has 100 valence electrons. The second kappa shape index (κ2) is 7.89. The molecule has 0 spiro atoms. The molecule has 0 rings (SSSR count). The van der Waals surface area contributed by atoms with Crippen LogP contribution < -0.4 is 5.32 Å². The van der Waals surface area contributed by atoms with Crippen LogP contribution in [0.5, 0.6) is 0 Å². The zero-order chi connectivity index (χ0) is 13.4. The summed E-state index contributed by atoms with van der Waals surface area (Å²) in [5, 5.41) is 11.0. The number of amides is 2. The predicted molar refractivity (Wildman–Crippen MR) is 63.5 cm³/mol. The van der Waals surface area contributed by atoms with Gasteiger partial charge in [0.05, 0.1) is 6.61 Å². The Balaban J connectivity index is 4.38. The van der Waals surface area contributed by atoms with E-state index in [2.05, 4.69) is 10.1 Å². The molecule has 0 aliphatic carbocycles. The Morgan fingerprint density at radius 1 is 1.35 bits per heavy atom. The maximum Gasteiger partial charge on any atom is 0.407 e. The van der Waals surface area contributed by atoms with Crippen molar-refractivity contribution < 1.29 is 19.4 Å². The fourth-order valence-electron chi connectivity index (χ4n) is 1.33. The Morgan fingerprint density at radius 3 is 2.35 bits per heavy atom. The Bertz CT molecular complexity index is 254. The first-order valence-corrected chi connectivity index (χ1v) is 5.63. The Kier molecular flexibility index (Phi) is 7.29. The molecule has 2 N–H and O–H groups in total. The van der Waals surface area contributed by atoms with Crippen LogP contribution >= 0.6 is 0 Å². The van der Waals surface area contributed by atoms with Crippen molar-refractivity contribution in [3.8, 4) is 0 Å². The Hall–Kier alpha value is -1.30. The zero-order valence-electron chi connectivity index (χ0n) is 10.9. The van der Waals surface area contributed by atoms with Gasteiger partial charge in [-0.15, -0.1) is 0 Å². The van der Waals surface area contributed by atoms with Gasteiger partial charge < -0.3 is 20.1 Å². The third kappa shape index (κ3) is 6.78. The lowest BCUT2D eigenvalue weighted by Crippen LogP contribution is -2.47. The van der Waals surface area contributed by atoms with Gasteiger partial charge in [-0.25, -0.2) is 4.79 Å². The van der Waals surface area contributed by atoms with E-state index in [1.165, 1.54) is 4.90 Å². The van der Waals surface area contributed by atoms with Crippen molar-refractivity contribution in [1.29, 1.82) is 0 Å². The first-order chi connectivity index (χ1) is 7.88. The number of hydrogen-bond acceptors (Lipinski definition) is 4. The van der Waals surface area contributed by atoms with Gasteiger partial charge in [0.2, 0.25) is 5.91 Å². The Morgan fingerprint density at radius 2 is 1.94 bits per heavy atom. The zero-order valence-corrected chi connectivity index (χ0v) is 10.9. The summed E-state index contributed by atoms with van der Waals surface area (Å²) in [7, 11) is 3.27. The minimum atomic E-state index is -0.681. The highest BCUT2D eigenvalue weighted by Crippen LogP contribution is 2.07. The lowest BCUT2D eigenvalue weighted by Gasteiger charge is -2.22. The highest BCUT2D eigenvalue weighted by Gasteiger charge is 2.23. The van der Waals surface area contributed by atoms with Crippen LogP contribution in [0.25, 0.3) is 0 Å². The molecule has 1 atom stereocenters. The molecule has 2 amide bonds. The number of likely N-dealkylation sites (N-methyl/N-ethyl adjacent to an activating group) is 1. The lowest BCUT2D eigenvalue weighted by molar-refractivity contribution is -0.131. The van der Waals surface area contributed by atoms with E-state index in [-0.39, 0.29) is 25.0 Å². The van der Waals surface area contributed by atoms with Crippen LogP contribution in [0, 0.1) is 5.92 Å². The van der Waals surface area contributed by atoms with Crippen LogP contribution in [0.2, 0.25) is 0 Å². The van der Waals surface area contributed by atoms with Gasteiger partial charge in [0, 0.05) is 14.1 Å². The highest BCUT2D eigenvalue weighted by molar-refractivity contribution is 5.85. The van der Waals surface area contributed by atoms with Crippen LogP contribution in [-0.2, 0) is 9.53 Å². The summed E-state index contributed by atoms with van der Waals surface area (Å²) < 4.78 is 4.66. The van der Waals surface area contributed by atoms with Crippen LogP contribution in [-0.4, -0.2) is 55.4 Å². The van der Waals surface area contributed by atoms with E-state index < -0.39 is 12.1 Å². The third-order valence-electron chi connectivity index (χ3n) is 2.06. The number of aliphatic hydroxyl groups excluding tert-OH is 1. The van der Waals surface area contributed by atoms with E-state index >= 15 is 0 Å². The monoisotopic (exact) mass is 246 g/mol. The normalized spacial score (nSPS) is 12.1. The van der Waals surface area contributed by atoms with Crippen LogP contribution in [0.15, 0.2) is 0 Å². The van der Waals surface area contributed by atoms with Gasteiger partial charge in [-0.3, -0.25) is 4.79 Å². The molecule has 0 aromatic rings. The quantitative estimate of drug-likeness (QED) is 0.702. The molecular weight excluding hydrogens is 224 g/mol. The maximum atomic E-state index is 11.8. The number of ether oxygens (including phenoxy) is 1. The summed E-state index contributed by atoms with van der Waals surface area (Å²) >= 11 is 0. The average Bonchev–Trinajstić information content (AvgIpc) is 2.23. The van der Waals surface area contributed by atoms with Crippen molar-refractivity contribution in [3.05, 3.63) is 0 Å². The minimum absolute atomic E-state index is 0.0730. The molecule has 17 heavy (non-hydrogen) atoms. The topological polar surface area (TPSA) is 78.9 Å². The summed E-state index contributed by atoms with van der Waals surface area (Å²) in [4.78, 5) is 24.5. The second-order valence-electron chi connectivity index (χ2n) is 4.42. The first-order valence-electron chi connectivity index (χ1n) is 5.63. The van der Waals surface area contributed by atoms with Crippen LogP contribution in [0.1, 0.15) is 20.3 Å². The van der Waals surface area contributed by atoms with Crippen molar-refractivity contribution in [2.24, 2.45) is 5.92 Å². The van der Waals surface area contributed by atoms with Gasteiger partial charge >= 0.3 is 6.09 Å². The SMILES string of the molecule is CC(C)CC(NC(=O)OCCO)C(=O)N(C)C. The largest absolute Gasteiger partial charge is 0.447 e. The molecule has 0 aromatic carbocycles. The molecule has 1 unspecified atom stereocenters. The molecule has 0 fully saturated rings. The summed E-state index contributed by atoms with van der Waals surface area (Å²) in [6, 6.07) is -0.587. The highest BCUT2D eigenvalue weighted by atomic mass is 16.6. The van der Waals surface area contributed by atoms with Gasteiger partial charge in [-0.2, -0.15) is 0 Å². The molecule has 0 aliphatic heterocycles. The minimum Gasteiger partial charge on any atom is -0.447 e. The van der Waals surface area contributed by atoms with E-state index in [0.717, 1.165) is 0 Å². The fraction of sp³-hybridized carbons (Fsp3) is 0.818. The molecule has 0 saturated carbocycles. The Labute approximate surface area is 102 Å². The fourth-order valence-corrected chi connectivity index (χ4v) is 1.33. The van der Waals surface area contributed by atoms with Crippen LogP contribution in [0.3, 0.4) is 0 Å². The molecule has 0 heterocycles. The van der Waals surface area contributed by atoms with Crippen molar-refractivity contribution in [2.45, 2.75) is 26.3 Å². The van der Waals surface area contributed by atoms with E-state index in [1.54, 1.807) is 14.1 Å². The van der Waals surface area contributed by atoms with E-state index in [4.69, 9.17) is 5.11 Å². The smallest absolute Gasteiger partial charge is 0.407 e. The number of rotatable bonds is 6. The number of hydrogen-bond donors (Lipinski definition) is 2. The maximum absolute atomic E-state index is 11.8. The second-order valence-corrected chi connectivity index (χ2v) is 4.42. The lowest BCUT2D eigenvalue weighted by atomic mass is 10.0. The first kappa shape index (κ1) is 15.7. The van der Waals surface area contributed by atoms with Crippen molar-refractivity contribution in [1.82, 2.24) is 10.2 Å². The van der Waals surface area contributed by atoms with Gasteiger partial charge in [0.25, 0.3) is 0 Å². The van der Waals surface area contributed by atoms with E-state index in [9.17, 15) is 9.59 Å². The third-order valence-corrected chi connectivity index (χ3v) is 2.06. The summed E-state index contributed by atoms with van der Waals surface area (Å²) in [6.45, 7) is 3.63. The number of carbonyl (C=O) groups is 2. The molecule has 0 aliphatic rings. The van der Waals surface area contributed by atoms with Gasteiger partial charge in [0.1, 0.15) is 12.6 Å². The average molecular weight is 246 g/mol. The van der Waals surface area contributed by atoms with Crippen molar-refractivity contribution >= 4 is 12.0 Å². The van der Waals surface area contributed by atoms with Gasteiger partial charge in [-0.1, -0.05) is 13.8 Å². The predicted octanol–water partition coefficient (Wildman–Crippen LogP) is 0.208. The molecular formula is C11H22N2O4. The molecule has 0 saturated heterocycles. The van der Waals surface area contributed by atoms with E-state index in [0.29, 0.717) is 6.42 Å². The summed E-state index contributed by atoms with van der Waals surface area (Å²) in [5.74, 6) is 0.113. The number of carbonyl (C=O) groups excluding carboxylic acids is 2. The van der Waals surface area contributed by atoms with Gasteiger partial charge in [-0.05, 0) is 12.3 Å². The van der Waals surface area contributed by atoms with Crippen LogP contribution in [0.4, 0.5) is 4.79 Å². The molecule has 6 heteroatoms. The standard InChI is InChI=1S/C11H22N2O4/c1-8(2)7-9(10(15)13(3)4)12-11(16)17-6-5-14/h8-9,14H,5-7H2,1-4H3,(H,12,16). The number of nitrogens with zero attached hydrogens (tertiary/aromatic N) is 1.